The number of thioether (sulfide) groups is 1. The van der Waals surface area contributed by atoms with E-state index in [0.717, 1.165) is 25.0 Å². The molecule has 0 aliphatic heterocycles. The van der Waals surface area contributed by atoms with Gasteiger partial charge in [0.2, 0.25) is 5.16 Å². The number of ketones is 1. The third-order valence-corrected chi connectivity index (χ3v) is 3.86. The molecule has 20 heavy (non-hydrogen) atoms. The molecule has 0 N–H and O–H groups in total. The molecule has 0 unspecified atom stereocenters. The summed E-state index contributed by atoms with van der Waals surface area (Å²) in [7, 11) is 0. The minimum absolute atomic E-state index is 0.0815. The zero-order chi connectivity index (χ0) is 14.1. The maximum Gasteiger partial charge on any atom is 0.210 e. The summed E-state index contributed by atoms with van der Waals surface area (Å²) in [6.45, 7) is 0. The lowest BCUT2D eigenvalue weighted by atomic mass is 10.1. The maximum absolute atomic E-state index is 13.1. The molecule has 3 rings (SSSR count). The molecule has 8 heteroatoms. The maximum atomic E-state index is 13.1. The van der Waals surface area contributed by atoms with Crippen molar-refractivity contribution in [2.45, 2.75) is 24.0 Å². The van der Waals surface area contributed by atoms with Crippen LogP contribution in [0.1, 0.15) is 29.2 Å². The highest BCUT2D eigenvalue weighted by atomic mass is 32.2. The van der Waals surface area contributed by atoms with Crippen LogP contribution in [0.5, 0.6) is 0 Å². The summed E-state index contributed by atoms with van der Waals surface area (Å²) in [4.78, 5) is 11.9. The molecule has 1 aromatic heterocycles. The Morgan fingerprint density at radius 3 is 2.85 bits per heavy atom. The minimum Gasteiger partial charge on any atom is -0.293 e. The summed E-state index contributed by atoms with van der Waals surface area (Å²) < 4.78 is 27.6. The van der Waals surface area contributed by atoms with Crippen LogP contribution in [-0.2, 0) is 0 Å². The normalized spacial score (nSPS) is 14.5. The minimum atomic E-state index is -1.02. The van der Waals surface area contributed by atoms with Crippen molar-refractivity contribution in [2.75, 3.05) is 5.75 Å². The van der Waals surface area contributed by atoms with Crippen LogP contribution in [0.2, 0.25) is 0 Å². The third kappa shape index (κ3) is 2.69. The molecular weight excluding hydrogens is 286 g/mol. The lowest BCUT2D eigenvalue weighted by Crippen LogP contribution is -2.06. The van der Waals surface area contributed by atoms with Gasteiger partial charge in [0.15, 0.2) is 17.4 Å². The summed E-state index contributed by atoms with van der Waals surface area (Å²) in [6.07, 6.45) is 2.07. The smallest absolute Gasteiger partial charge is 0.210 e. The summed E-state index contributed by atoms with van der Waals surface area (Å²) >= 11 is 1.20. The topological polar surface area (TPSA) is 60.7 Å². The SMILES string of the molecule is O=C(CSc1nnnn1C1CC1)c1ccc(F)c(F)c1. The molecule has 0 bridgehead atoms. The average molecular weight is 296 g/mol. The van der Waals surface area contributed by atoms with Gasteiger partial charge in [-0.3, -0.25) is 4.79 Å². The van der Waals surface area contributed by atoms with Crippen LogP contribution in [0.25, 0.3) is 0 Å². The highest BCUT2D eigenvalue weighted by Gasteiger charge is 2.28. The Balaban J connectivity index is 1.66. The predicted molar refractivity (Wildman–Crippen MR) is 67.5 cm³/mol. The summed E-state index contributed by atoms with van der Waals surface area (Å²) in [5.41, 5.74) is 0.141. The molecule has 1 aromatic carbocycles. The summed E-state index contributed by atoms with van der Waals surface area (Å²) in [6, 6.07) is 3.44. The van der Waals surface area contributed by atoms with Crippen LogP contribution in [0.15, 0.2) is 23.4 Å². The molecular formula is C12H10F2N4OS. The summed E-state index contributed by atoms with van der Waals surface area (Å²) in [5, 5.41) is 11.9. The highest BCUT2D eigenvalue weighted by Crippen LogP contribution is 2.36. The number of nitrogens with zero attached hydrogens (tertiary/aromatic N) is 4. The average Bonchev–Trinajstić information content (AvgIpc) is 3.18. The predicted octanol–water partition coefficient (Wildman–Crippen LogP) is 2.26. The largest absolute Gasteiger partial charge is 0.293 e. The lowest BCUT2D eigenvalue weighted by molar-refractivity contribution is 0.102. The van der Waals surface area contributed by atoms with E-state index in [0.29, 0.717) is 11.2 Å². The Bertz CT molecular complexity index is 657. The first kappa shape index (κ1) is 13.2. The van der Waals surface area contributed by atoms with Crippen LogP contribution in [0.4, 0.5) is 8.78 Å². The lowest BCUT2D eigenvalue weighted by Gasteiger charge is -2.02. The second-order valence-corrected chi connectivity index (χ2v) is 5.42. The van der Waals surface area contributed by atoms with Crippen molar-refractivity contribution in [1.29, 1.82) is 0 Å². The van der Waals surface area contributed by atoms with Gasteiger partial charge < -0.3 is 0 Å². The Hall–Kier alpha value is -1.83. The molecule has 0 saturated heterocycles. The van der Waals surface area contributed by atoms with Gasteiger partial charge in [-0.1, -0.05) is 11.8 Å². The Morgan fingerprint density at radius 2 is 2.15 bits per heavy atom. The molecule has 0 amide bonds. The first-order chi connectivity index (χ1) is 9.65. The molecule has 2 aromatic rings. The molecule has 1 saturated carbocycles. The highest BCUT2D eigenvalue weighted by molar-refractivity contribution is 7.99. The molecule has 104 valence electrons. The monoisotopic (exact) mass is 296 g/mol. The number of Topliss-reactive ketones (excluding diaryl/α,β-unsaturated/α-hetero) is 1. The first-order valence-electron chi connectivity index (χ1n) is 6.04. The number of carbonyl (C=O) groups is 1. The van der Waals surface area contributed by atoms with Gasteiger partial charge in [-0.25, -0.2) is 13.5 Å². The number of carbonyl (C=O) groups excluding carboxylic acids is 1. The van der Waals surface area contributed by atoms with Crippen molar-refractivity contribution in [3.05, 3.63) is 35.4 Å². The van der Waals surface area contributed by atoms with Gasteiger partial charge in [-0.15, -0.1) is 5.10 Å². The second-order valence-electron chi connectivity index (χ2n) is 4.48. The molecule has 1 aliphatic carbocycles. The van der Waals surface area contributed by atoms with Crippen molar-refractivity contribution in [3.8, 4) is 0 Å². The van der Waals surface area contributed by atoms with Crippen LogP contribution in [0.3, 0.4) is 0 Å². The quantitative estimate of drug-likeness (QED) is 0.625. The number of halogens is 2. The van der Waals surface area contributed by atoms with E-state index in [-0.39, 0.29) is 17.1 Å². The van der Waals surface area contributed by atoms with E-state index in [9.17, 15) is 13.6 Å². The van der Waals surface area contributed by atoms with E-state index in [1.807, 2.05) is 0 Å². The molecule has 1 fully saturated rings. The van der Waals surface area contributed by atoms with Gasteiger partial charge in [0, 0.05) is 5.56 Å². The van der Waals surface area contributed by atoms with E-state index < -0.39 is 11.6 Å². The standard InChI is InChI=1S/C12H10F2N4OS/c13-9-4-1-7(5-10(9)14)11(19)6-20-12-15-16-17-18(12)8-2-3-8/h1,4-5,8H,2-3,6H2. The van der Waals surface area contributed by atoms with Crippen LogP contribution in [-0.4, -0.2) is 31.7 Å². The van der Waals surface area contributed by atoms with Gasteiger partial charge >= 0.3 is 0 Å². The number of benzene rings is 1. The van der Waals surface area contributed by atoms with Crippen molar-refractivity contribution >= 4 is 17.5 Å². The second kappa shape index (κ2) is 5.28. The van der Waals surface area contributed by atoms with E-state index in [1.165, 1.54) is 17.8 Å². The fourth-order valence-corrected chi connectivity index (χ4v) is 2.55. The van der Waals surface area contributed by atoms with Crippen molar-refractivity contribution in [2.24, 2.45) is 0 Å². The molecule has 0 radical (unpaired) electrons. The van der Waals surface area contributed by atoms with Crippen molar-refractivity contribution in [1.82, 2.24) is 20.2 Å². The fraction of sp³-hybridized carbons (Fsp3) is 0.333. The van der Waals surface area contributed by atoms with Gasteiger partial charge in [0.1, 0.15) is 0 Å². The van der Waals surface area contributed by atoms with Gasteiger partial charge in [0.05, 0.1) is 11.8 Å². The van der Waals surface area contributed by atoms with E-state index in [1.54, 1.807) is 4.68 Å². The summed E-state index contributed by atoms with van der Waals surface area (Å²) in [5.74, 6) is -2.20. The van der Waals surface area contributed by atoms with Gasteiger partial charge in [0.25, 0.3) is 0 Å². The van der Waals surface area contributed by atoms with Crippen LogP contribution in [0, 0.1) is 11.6 Å². The Morgan fingerprint density at radius 1 is 1.35 bits per heavy atom. The zero-order valence-electron chi connectivity index (χ0n) is 10.3. The van der Waals surface area contributed by atoms with Crippen LogP contribution >= 0.6 is 11.8 Å². The molecule has 0 spiro atoms. The van der Waals surface area contributed by atoms with Gasteiger partial charge in [-0.2, -0.15) is 0 Å². The zero-order valence-corrected chi connectivity index (χ0v) is 11.1. The van der Waals surface area contributed by atoms with Crippen molar-refractivity contribution in [3.63, 3.8) is 0 Å². The Kier molecular flexibility index (Phi) is 3.47. The number of hydrogen-bond donors (Lipinski definition) is 0. The van der Waals surface area contributed by atoms with Crippen LogP contribution < -0.4 is 0 Å². The number of hydrogen-bond acceptors (Lipinski definition) is 5. The third-order valence-electron chi connectivity index (χ3n) is 2.93. The first-order valence-corrected chi connectivity index (χ1v) is 7.02. The van der Waals surface area contributed by atoms with Gasteiger partial charge in [-0.05, 0) is 41.5 Å². The number of tetrazole rings is 1. The molecule has 5 nitrogen and oxygen atoms in total. The fourth-order valence-electron chi connectivity index (χ4n) is 1.71. The number of rotatable bonds is 5. The molecule has 1 aliphatic rings. The Labute approximate surface area is 117 Å². The number of aromatic nitrogens is 4. The van der Waals surface area contributed by atoms with Crippen molar-refractivity contribution < 1.29 is 13.6 Å². The van der Waals surface area contributed by atoms with E-state index in [2.05, 4.69) is 15.5 Å². The molecule has 1 heterocycles. The van der Waals surface area contributed by atoms with E-state index in [4.69, 9.17) is 0 Å². The van der Waals surface area contributed by atoms with E-state index >= 15 is 0 Å². The molecule has 0 atom stereocenters.